The molecule has 0 amide bonds. The maximum absolute atomic E-state index is 12.1. The second-order valence-corrected chi connectivity index (χ2v) is 4.89. The van der Waals surface area contributed by atoms with Gasteiger partial charge in [-0.1, -0.05) is 30.3 Å². The van der Waals surface area contributed by atoms with E-state index >= 15 is 0 Å². The largest absolute Gasteiger partial charge is 0.479 e. The third-order valence-electron chi connectivity index (χ3n) is 3.19. The second kappa shape index (κ2) is 7.28. The molecule has 4 heteroatoms. The Bertz CT molecular complexity index is 659. The van der Waals surface area contributed by atoms with Crippen molar-refractivity contribution in [2.75, 3.05) is 0 Å². The van der Waals surface area contributed by atoms with E-state index in [4.69, 9.17) is 14.7 Å². The average Bonchev–Trinajstić information content (AvgIpc) is 2.56. The summed E-state index contributed by atoms with van der Waals surface area (Å²) in [4.78, 5) is 12.1. The first kappa shape index (κ1) is 15.6. The van der Waals surface area contributed by atoms with E-state index in [2.05, 4.69) is 0 Å². The van der Waals surface area contributed by atoms with Crippen LogP contribution in [0.5, 0.6) is 5.75 Å². The van der Waals surface area contributed by atoms with Crippen molar-refractivity contribution < 1.29 is 14.3 Å². The van der Waals surface area contributed by atoms with Crippen LogP contribution >= 0.6 is 0 Å². The molecule has 2 aromatic carbocycles. The van der Waals surface area contributed by atoms with Gasteiger partial charge in [0.15, 0.2) is 6.10 Å². The number of benzene rings is 2. The Morgan fingerprint density at radius 2 is 1.68 bits per heavy atom. The zero-order valence-corrected chi connectivity index (χ0v) is 12.5. The molecule has 0 saturated heterocycles. The summed E-state index contributed by atoms with van der Waals surface area (Å²) in [5.74, 6) is 0.0940. The minimum Gasteiger partial charge on any atom is -0.479 e. The predicted molar refractivity (Wildman–Crippen MR) is 82.2 cm³/mol. The van der Waals surface area contributed by atoms with Crippen molar-refractivity contribution in [3.63, 3.8) is 0 Å². The first-order valence-electron chi connectivity index (χ1n) is 7.02. The monoisotopic (exact) mass is 295 g/mol. The van der Waals surface area contributed by atoms with Gasteiger partial charge >= 0.3 is 5.97 Å². The van der Waals surface area contributed by atoms with Crippen LogP contribution in [0.15, 0.2) is 54.6 Å². The molecule has 2 rings (SSSR count). The molecule has 0 N–H and O–H groups in total. The van der Waals surface area contributed by atoms with Crippen LogP contribution < -0.4 is 4.74 Å². The third kappa shape index (κ3) is 4.10. The summed E-state index contributed by atoms with van der Waals surface area (Å²) in [6.07, 6.45) is -1.06. The highest BCUT2D eigenvalue weighted by molar-refractivity contribution is 5.75. The van der Waals surface area contributed by atoms with Crippen LogP contribution in [0.2, 0.25) is 0 Å². The van der Waals surface area contributed by atoms with Gasteiger partial charge < -0.3 is 9.47 Å². The molecule has 0 saturated carbocycles. The van der Waals surface area contributed by atoms with Crippen molar-refractivity contribution in [1.82, 2.24) is 0 Å². The van der Waals surface area contributed by atoms with Crippen LogP contribution in [0, 0.1) is 11.3 Å². The summed E-state index contributed by atoms with van der Waals surface area (Å²) >= 11 is 0. The maximum atomic E-state index is 12.1. The Morgan fingerprint density at radius 3 is 2.27 bits per heavy atom. The fourth-order valence-corrected chi connectivity index (χ4v) is 1.92. The van der Waals surface area contributed by atoms with Crippen molar-refractivity contribution in [2.24, 2.45) is 0 Å². The standard InChI is InChI=1S/C18H17NO3/c1-13(16-6-4-3-5-7-16)22-18(20)14(2)21-17-10-8-15(12-19)9-11-17/h3-11,13-14H,1-2H3/t13-,14+/m0/s1. The lowest BCUT2D eigenvalue weighted by Crippen LogP contribution is -2.27. The van der Waals surface area contributed by atoms with Gasteiger partial charge in [-0.15, -0.1) is 0 Å². The van der Waals surface area contributed by atoms with Gasteiger partial charge in [0.25, 0.3) is 0 Å². The van der Waals surface area contributed by atoms with Crippen molar-refractivity contribution in [3.05, 3.63) is 65.7 Å². The normalized spacial score (nSPS) is 12.8. The summed E-state index contributed by atoms with van der Waals surface area (Å²) in [6.45, 7) is 3.46. The number of esters is 1. The summed E-state index contributed by atoms with van der Waals surface area (Å²) in [5.41, 5.74) is 1.47. The molecular formula is C18H17NO3. The zero-order chi connectivity index (χ0) is 15.9. The van der Waals surface area contributed by atoms with Gasteiger partial charge in [-0.3, -0.25) is 0 Å². The number of carbonyl (C=O) groups excluding carboxylic acids is 1. The Labute approximate surface area is 129 Å². The van der Waals surface area contributed by atoms with Crippen LogP contribution in [0.4, 0.5) is 0 Å². The molecule has 22 heavy (non-hydrogen) atoms. The van der Waals surface area contributed by atoms with Crippen LogP contribution in [0.1, 0.15) is 31.1 Å². The minimum atomic E-state index is -0.723. The topological polar surface area (TPSA) is 59.3 Å². The number of carbonyl (C=O) groups is 1. The number of nitriles is 1. The van der Waals surface area contributed by atoms with Crippen molar-refractivity contribution in [3.8, 4) is 11.8 Å². The van der Waals surface area contributed by atoms with E-state index in [9.17, 15) is 4.79 Å². The first-order valence-corrected chi connectivity index (χ1v) is 7.02. The van der Waals surface area contributed by atoms with Gasteiger partial charge in [0.2, 0.25) is 0 Å². The van der Waals surface area contributed by atoms with Gasteiger partial charge in [-0.05, 0) is 43.7 Å². The fourth-order valence-electron chi connectivity index (χ4n) is 1.92. The van der Waals surface area contributed by atoms with Crippen LogP contribution in [-0.4, -0.2) is 12.1 Å². The highest BCUT2D eigenvalue weighted by Crippen LogP contribution is 2.19. The third-order valence-corrected chi connectivity index (χ3v) is 3.19. The Kier molecular flexibility index (Phi) is 5.16. The zero-order valence-electron chi connectivity index (χ0n) is 12.5. The lowest BCUT2D eigenvalue weighted by atomic mass is 10.1. The lowest BCUT2D eigenvalue weighted by molar-refractivity contribution is -0.156. The molecule has 2 aromatic rings. The van der Waals surface area contributed by atoms with Crippen LogP contribution in [-0.2, 0) is 9.53 Å². The summed E-state index contributed by atoms with van der Waals surface area (Å²) in [5, 5.41) is 8.74. The van der Waals surface area contributed by atoms with E-state index in [0.29, 0.717) is 11.3 Å². The quantitative estimate of drug-likeness (QED) is 0.790. The Hall–Kier alpha value is -2.80. The van der Waals surface area contributed by atoms with E-state index in [0.717, 1.165) is 5.56 Å². The molecular weight excluding hydrogens is 278 g/mol. The van der Waals surface area contributed by atoms with Gasteiger partial charge in [0.05, 0.1) is 11.6 Å². The van der Waals surface area contributed by atoms with Crippen LogP contribution in [0.25, 0.3) is 0 Å². The molecule has 0 heterocycles. The smallest absolute Gasteiger partial charge is 0.347 e. The molecule has 0 aliphatic heterocycles. The highest BCUT2D eigenvalue weighted by Gasteiger charge is 2.19. The molecule has 0 spiro atoms. The minimum absolute atomic E-state index is 0.333. The van der Waals surface area contributed by atoms with Gasteiger partial charge in [-0.25, -0.2) is 4.79 Å². The molecule has 112 valence electrons. The SMILES string of the molecule is C[C@H](OC(=O)[C@@H](C)Oc1ccc(C#N)cc1)c1ccccc1. The molecule has 0 aliphatic carbocycles. The lowest BCUT2D eigenvalue weighted by Gasteiger charge is -2.18. The number of hydrogen-bond acceptors (Lipinski definition) is 4. The number of nitrogens with zero attached hydrogens (tertiary/aromatic N) is 1. The van der Waals surface area contributed by atoms with Crippen molar-refractivity contribution >= 4 is 5.97 Å². The van der Waals surface area contributed by atoms with Gasteiger partial charge in [-0.2, -0.15) is 5.26 Å². The second-order valence-electron chi connectivity index (χ2n) is 4.89. The first-order chi connectivity index (χ1) is 10.6. The van der Waals surface area contributed by atoms with E-state index in [1.165, 1.54) is 0 Å². The molecule has 0 aliphatic rings. The number of ether oxygens (including phenoxy) is 2. The Morgan fingerprint density at radius 1 is 1.05 bits per heavy atom. The van der Waals surface area contributed by atoms with Crippen molar-refractivity contribution in [1.29, 1.82) is 5.26 Å². The molecule has 2 atom stereocenters. The van der Waals surface area contributed by atoms with Gasteiger partial charge in [0, 0.05) is 0 Å². The summed E-state index contributed by atoms with van der Waals surface area (Å²) < 4.78 is 10.9. The molecule has 0 bridgehead atoms. The summed E-state index contributed by atoms with van der Waals surface area (Å²) in [7, 11) is 0. The molecule has 4 nitrogen and oxygen atoms in total. The van der Waals surface area contributed by atoms with Gasteiger partial charge in [0.1, 0.15) is 11.9 Å². The number of hydrogen-bond donors (Lipinski definition) is 0. The predicted octanol–water partition coefficient (Wildman–Crippen LogP) is 3.63. The van der Waals surface area contributed by atoms with Crippen molar-refractivity contribution in [2.45, 2.75) is 26.1 Å². The van der Waals surface area contributed by atoms with E-state index in [1.807, 2.05) is 43.3 Å². The molecule has 0 fully saturated rings. The fraction of sp³-hybridized carbons (Fsp3) is 0.222. The van der Waals surface area contributed by atoms with E-state index in [1.54, 1.807) is 31.2 Å². The highest BCUT2D eigenvalue weighted by atomic mass is 16.6. The van der Waals surface area contributed by atoms with E-state index in [-0.39, 0.29) is 6.10 Å². The number of rotatable bonds is 5. The molecule has 0 radical (unpaired) electrons. The van der Waals surface area contributed by atoms with Crippen LogP contribution in [0.3, 0.4) is 0 Å². The maximum Gasteiger partial charge on any atom is 0.347 e. The average molecular weight is 295 g/mol. The van der Waals surface area contributed by atoms with E-state index < -0.39 is 12.1 Å². The molecule has 0 aromatic heterocycles. The molecule has 0 unspecified atom stereocenters. The summed E-state index contributed by atoms with van der Waals surface area (Å²) in [6, 6.07) is 18.1. The Balaban J connectivity index is 1.93.